The first kappa shape index (κ1) is 21.0. The number of aliphatic carboxylic acids is 1. The van der Waals surface area contributed by atoms with Crippen LogP contribution in [0.25, 0.3) is 0 Å². The van der Waals surface area contributed by atoms with Gasteiger partial charge in [0.15, 0.2) is 0 Å². The van der Waals surface area contributed by atoms with Gasteiger partial charge in [0.1, 0.15) is 18.2 Å². The van der Waals surface area contributed by atoms with Crippen LogP contribution < -0.4 is 10.5 Å². The van der Waals surface area contributed by atoms with Crippen molar-refractivity contribution in [1.29, 1.82) is 0 Å². The van der Waals surface area contributed by atoms with E-state index in [0.717, 1.165) is 18.4 Å². The second-order valence-corrected chi connectivity index (χ2v) is 6.11. The Hall–Kier alpha value is -3.35. The number of hydrogen-bond donors (Lipinski definition) is 2. The average Bonchev–Trinajstić information content (AvgIpc) is 2.70. The summed E-state index contributed by atoms with van der Waals surface area (Å²) in [5, 5.41) is 8.58. The summed E-state index contributed by atoms with van der Waals surface area (Å²) in [5.74, 6) is -0.0422. The number of unbranched alkanes of at least 4 members (excludes halogenated alkanes) is 2. The van der Waals surface area contributed by atoms with Gasteiger partial charge < -0.3 is 20.3 Å². The van der Waals surface area contributed by atoms with E-state index in [0.29, 0.717) is 24.3 Å². The van der Waals surface area contributed by atoms with Gasteiger partial charge in [-0.15, -0.1) is 0 Å². The molecule has 0 aliphatic carbocycles. The molecule has 1 amide bonds. The fourth-order valence-corrected chi connectivity index (χ4v) is 2.38. The summed E-state index contributed by atoms with van der Waals surface area (Å²) in [7, 11) is 0. The van der Waals surface area contributed by atoms with E-state index in [-0.39, 0.29) is 18.9 Å². The van der Waals surface area contributed by atoms with Crippen molar-refractivity contribution in [3.63, 3.8) is 0 Å². The Morgan fingerprint density at radius 3 is 2.36 bits per heavy atom. The minimum atomic E-state index is -0.778. The van der Waals surface area contributed by atoms with Gasteiger partial charge in [-0.3, -0.25) is 4.79 Å². The van der Waals surface area contributed by atoms with Crippen LogP contribution in [0.15, 0.2) is 59.6 Å². The van der Waals surface area contributed by atoms with E-state index in [1.54, 1.807) is 24.3 Å². The molecule has 0 heterocycles. The zero-order chi connectivity index (χ0) is 20.2. The maximum atomic E-state index is 11.8. The van der Waals surface area contributed by atoms with E-state index < -0.39 is 12.1 Å². The van der Waals surface area contributed by atoms with Crippen LogP contribution in [-0.2, 0) is 16.1 Å². The van der Waals surface area contributed by atoms with Crippen molar-refractivity contribution in [3.05, 3.63) is 65.7 Å². The van der Waals surface area contributed by atoms with Gasteiger partial charge >= 0.3 is 12.1 Å². The summed E-state index contributed by atoms with van der Waals surface area (Å²) in [6.07, 6.45) is 1.66. The summed E-state index contributed by atoms with van der Waals surface area (Å²) in [6, 6.07) is 16.2. The standard InChI is InChI=1S/C21H24N2O5/c22-20(23-21(26)28-15-16-7-3-1-4-8-16)17-10-12-18(13-11-17)27-14-6-2-5-9-19(24)25/h1,3-4,7-8,10-13H,2,5-6,9,14-15H2,(H,24,25)(H2,22,23,26). The van der Waals surface area contributed by atoms with E-state index in [1.807, 2.05) is 30.3 Å². The number of rotatable bonds is 10. The van der Waals surface area contributed by atoms with Crippen LogP contribution in [0.1, 0.15) is 36.8 Å². The molecule has 7 heteroatoms. The topological polar surface area (TPSA) is 111 Å². The van der Waals surface area contributed by atoms with Gasteiger partial charge in [-0.25, -0.2) is 4.79 Å². The van der Waals surface area contributed by atoms with Gasteiger partial charge in [0.05, 0.1) is 6.61 Å². The number of amidine groups is 1. The molecular weight excluding hydrogens is 360 g/mol. The van der Waals surface area contributed by atoms with Crippen molar-refractivity contribution in [1.82, 2.24) is 0 Å². The highest BCUT2D eigenvalue weighted by molar-refractivity contribution is 6.02. The van der Waals surface area contributed by atoms with Gasteiger partial charge in [-0.05, 0) is 49.1 Å². The number of benzene rings is 2. The van der Waals surface area contributed by atoms with E-state index in [4.69, 9.17) is 20.3 Å². The second kappa shape index (κ2) is 11.4. The molecular formula is C21H24N2O5. The number of hydrogen-bond acceptors (Lipinski definition) is 4. The monoisotopic (exact) mass is 384 g/mol. The van der Waals surface area contributed by atoms with Crippen molar-refractivity contribution in [2.24, 2.45) is 10.7 Å². The molecule has 7 nitrogen and oxygen atoms in total. The summed E-state index contributed by atoms with van der Waals surface area (Å²) in [5.41, 5.74) is 7.31. The number of carbonyl (C=O) groups is 2. The largest absolute Gasteiger partial charge is 0.494 e. The van der Waals surface area contributed by atoms with Gasteiger partial charge in [-0.1, -0.05) is 30.3 Å². The molecule has 2 aromatic rings. The average molecular weight is 384 g/mol. The molecule has 0 saturated heterocycles. The van der Waals surface area contributed by atoms with Crippen LogP contribution in [0.2, 0.25) is 0 Å². The minimum Gasteiger partial charge on any atom is -0.494 e. The van der Waals surface area contributed by atoms with Crippen molar-refractivity contribution < 1.29 is 24.2 Å². The quantitative estimate of drug-likeness (QED) is 0.367. The summed E-state index contributed by atoms with van der Waals surface area (Å²) in [6.45, 7) is 0.643. The molecule has 0 aromatic heterocycles. The number of carbonyl (C=O) groups excluding carboxylic acids is 1. The van der Waals surface area contributed by atoms with E-state index >= 15 is 0 Å². The summed E-state index contributed by atoms with van der Waals surface area (Å²) >= 11 is 0. The number of carboxylic acid groups (broad SMARTS) is 1. The Balaban J connectivity index is 1.75. The van der Waals surface area contributed by atoms with Crippen molar-refractivity contribution in [2.45, 2.75) is 32.3 Å². The Bertz CT molecular complexity index is 788. The zero-order valence-corrected chi connectivity index (χ0v) is 15.5. The normalized spacial score (nSPS) is 11.1. The molecule has 0 radical (unpaired) electrons. The molecule has 0 aliphatic rings. The lowest BCUT2D eigenvalue weighted by Gasteiger charge is -2.07. The SMILES string of the molecule is N/C(=N/C(=O)OCc1ccccc1)c1ccc(OCCCCCC(=O)O)cc1. The molecule has 0 fully saturated rings. The molecule has 0 saturated carbocycles. The third-order valence-electron chi connectivity index (χ3n) is 3.87. The Labute approximate surface area is 163 Å². The number of nitrogens with zero attached hydrogens (tertiary/aromatic N) is 1. The molecule has 0 atom stereocenters. The summed E-state index contributed by atoms with van der Waals surface area (Å²) < 4.78 is 10.7. The maximum Gasteiger partial charge on any atom is 0.435 e. The highest BCUT2D eigenvalue weighted by Crippen LogP contribution is 2.13. The third kappa shape index (κ3) is 7.90. The van der Waals surface area contributed by atoms with Crippen molar-refractivity contribution >= 4 is 17.9 Å². The van der Waals surface area contributed by atoms with Gasteiger partial charge in [-0.2, -0.15) is 4.99 Å². The highest BCUT2D eigenvalue weighted by Gasteiger charge is 2.05. The smallest absolute Gasteiger partial charge is 0.435 e. The van der Waals surface area contributed by atoms with Crippen LogP contribution in [0.5, 0.6) is 5.75 Å². The van der Waals surface area contributed by atoms with Crippen LogP contribution in [0.3, 0.4) is 0 Å². The number of ether oxygens (including phenoxy) is 2. The van der Waals surface area contributed by atoms with Gasteiger partial charge in [0.25, 0.3) is 0 Å². The maximum absolute atomic E-state index is 11.8. The van der Waals surface area contributed by atoms with Crippen molar-refractivity contribution in [2.75, 3.05) is 6.61 Å². The minimum absolute atomic E-state index is 0.0679. The fourth-order valence-electron chi connectivity index (χ4n) is 2.38. The number of amides is 1. The number of aliphatic imine (C=N–C) groups is 1. The highest BCUT2D eigenvalue weighted by atomic mass is 16.5. The lowest BCUT2D eigenvalue weighted by Crippen LogP contribution is -2.16. The van der Waals surface area contributed by atoms with Crippen LogP contribution >= 0.6 is 0 Å². The lowest BCUT2D eigenvalue weighted by atomic mass is 10.2. The van der Waals surface area contributed by atoms with E-state index in [9.17, 15) is 9.59 Å². The molecule has 148 valence electrons. The first-order valence-electron chi connectivity index (χ1n) is 9.04. The molecule has 0 spiro atoms. The van der Waals surface area contributed by atoms with Gasteiger partial charge in [0, 0.05) is 12.0 Å². The third-order valence-corrected chi connectivity index (χ3v) is 3.87. The van der Waals surface area contributed by atoms with Gasteiger partial charge in [0.2, 0.25) is 0 Å². The Morgan fingerprint density at radius 2 is 1.68 bits per heavy atom. The number of carboxylic acids is 1. The van der Waals surface area contributed by atoms with Crippen LogP contribution in [-0.4, -0.2) is 29.6 Å². The first-order chi connectivity index (χ1) is 13.5. The molecule has 0 unspecified atom stereocenters. The van der Waals surface area contributed by atoms with E-state index in [2.05, 4.69) is 4.99 Å². The fraction of sp³-hybridized carbons (Fsp3) is 0.286. The van der Waals surface area contributed by atoms with Crippen LogP contribution in [0, 0.1) is 0 Å². The molecule has 2 rings (SSSR count). The molecule has 0 aliphatic heterocycles. The second-order valence-electron chi connectivity index (χ2n) is 6.11. The number of nitrogens with two attached hydrogens (primary N) is 1. The Kier molecular flexibility index (Phi) is 8.52. The zero-order valence-electron chi connectivity index (χ0n) is 15.5. The molecule has 28 heavy (non-hydrogen) atoms. The van der Waals surface area contributed by atoms with E-state index in [1.165, 1.54) is 0 Å². The Morgan fingerprint density at radius 1 is 0.964 bits per heavy atom. The van der Waals surface area contributed by atoms with Crippen LogP contribution in [0.4, 0.5) is 4.79 Å². The molecule has 0 bridgehead atoms. The first-order valence-corrected chi connectivity index (χ1v) is 9.04. The predicted octanol–water partition coefficient (Wildman–Crippen LogP) is 3.75. The summed E-state index contributed by atoms with van der Waals surface area (Å²) in [4.78, 5) is 26.0. The predicted molar refractivity (Wildman–Crippen MR) is 105 cm³/mol. The van der Waals surface area contributed by atoms with Crippen molar-refractivity contribution in [3.8, 4) is 5.75 Å². The molecule has 2 aromatic carbocycles. The molecule has 3 N–H and O–H groups in total. The lowest BCUT2D eigenvalue weighted by molar-refractivity contribution is -0.137.